The second-order valence-corrected chi connectivity index (χ2v) is 9.26. The zero-order valence-corrected chi connectivity index (χ0v) is 21.0. The molecule has 0 aliphatic heterocycles. The fraction of sp³-hybridized carbons (Fsp3) is 0.143. The van der Waals surface area contributed by atoms with Gasteiger partial charge in [0.2, 0.25) is 0 Å². The van der Waals surface area contributed by atoms with Crippen LogP contribution in [0.15, 0.2) is 79.1 Å². The van der Waals surface area contributed by atoms with Crippen LogP contribution in [-0.2, 0) is 6.61 Å². The van der Waals surface area contributed by atoms with E-state index < -0.39 is 0 Å². The normalized spacial score (nSPS) is 10.8. The largest absolute Gasteiger partial charge is 0.493 e. The third-order valence-corrected chi connectivity index (χ3v) is 6.36. The van der Waals surface area contributed by atoms with Crippen LogP contribution < -0.4 is 24.3 Å². The van der Waals surface area contributed by atoms with E-state index in [4.69, 9.17) is 18.9 Å². The minimum atomic E-state index is 0.484. The maximum absolute atomic E-state index is 6.05. The molecule has 8 heteroatoms. The Hall–Kier alpha value is -4.30. The summed E-state index contributed by atoms with van der Waals surface area (Å²) in [6.07, 6.45) is 3.61. The first-order valence-corrected chi connectivity index (χ1v) is 12.1. The summed E-state index contributed by atoms with van der Waals surface area (Å²) in [6, 6.07) is 21.1. The summed E-state index contributed by atoms with van der Waals surface area (Å²) in [7, 11) is 3.23. The van der Waals surface area contributed by atoms with Gasteiger partial charge in [-0.15, -0.1) is 11.3 Å². The fourth-order valence-electron chi connectivity index (χ4n) is 3.73. The highest BCUT2D eigenvalue weighted by Crippen LogP contribution is 2.35. The van der Waals surface area contributed by atoms with Crippen LogP contribution in [0.4, 0.5) is 11.4 Å². The first-order valence-electron chi connectivity index (χ1n) is 11.3. The number of methoxy groups -OCH3 is 2. The number of thiazole rings is 1. The molecule has 0 atom stereocenters. The predicted octanol–water partition coefficient (Wildman–Crippen LogP) is 7.13. The maximum atomic E-state index is 6.05. The predicted molar refractivity (Wildman–Crippen MR) is 142 cm³/mol. The van der Waals surface area contributed by atoms with Gasteiger partial charge in [0.25, 0.3) is 0 Å². The molecule has 36 heavy (non-hydrogen) atoms. The van der Waals surface area contributed by atoms with Crippen molar-refractivity contribution in [3.8, 4) is 28.7 Å². The molecule has 0 spiro atoms. The molecule has 0 radical (unpaired) electrons. The summed E-state index contributed by atoms with van der Waals surface area (Å²) >= 11 is 1.63. The van der Waals surface area contributed by atoms with Crippen molar-refractivity contribution < 1.29 is 18.9 Å². The summed E-state index contributed by atoms with van der Waals surface area (Å²) in [6.45, 7) is 2.47. The average molecular weight is 500 g/mol. The van der Waals surface area contributed by atoms with Crippen molar-refractivity contribution in [2.75, 3.05) is 19.5 Å². The summed E-state index contributed by atoms with van der Waals surface area (Å²) in [5.74, 6) is 3.47. The van der Waals surface area contributed by atoms with Gasteiger partial charge in [0.05, 0.1) is 29.6 Å². The third-order valence-electron chi connectivity index (χ3n) is 5.47. The van der Waals surface area contributed by atoms with E-state index in [0.717, 1.165) is 43.7 Å². The van der Waals surface area contributed by atoms with Crippen molar-refractivity contribution in [3.05, 3.63) is 89.0 Å². The molecule has 7 nitrogen and oxygen atoms in total. The van der Waals surface area contributed by atoms with E-state index in [1.165, 1.54) is 0 Å². The van der Waals surface area contributed by atoms with Crippen LogP contribution >= 0.6 is 11.3 Å². The topological polar surface area (TPSA) is 74.7 Å². The van der Waals surface area contributed by atoms with Gasteiger partial charge in [-0.1, -0.05) is 6.07 Å². The lowest BCUT2D eigenvalue weighted by molar-refractivity contribution is 0.308. The molecule has 0 aliphatic carbocycles. The monoisotopic (exact) mass is 499 g/mol. The molecule has 0 saturated carbocycles. The van der Waals surface area contributed by atoms with Gasteiger partial charge in [0.1, 0.15) is 23.9 Å². The summed E-state index contributed by atoms with van der Waals surface area (Å²) in [4.78, 5) is 9.80. The van der Waals surface area contributed by atoms with Crippen molar-refractivity contribution in [3.63, 3.8) is 0 Å². The smallest absolute Gasteiger partial charge is 0.162 e. The van der Waals surface area contributed by atoms with Crippen molar-refractivity contribution in [2.24, 2.45) is 0 Å². The van der Waals surface area contributed by atoms with Gasteiger partial charge in [-0.3, -0.25) is 4.98 Å². The number of nitrogens with zero attached hydrogens (tertiary/aromatic N) is 2. The maximum Gasteiger partial charge on any atom is 0.162 e. The molecule has 0 aliphatic rings. The molecule has 2 heterocycles. The molecule has 5 aromatic rings. The number of pyridine rings is 1. The van der Waals surface area contributed by atoms with Crippen molar-refractivity contribution >= 4 is 33.6 Å². The lowest BCUT2D eigenvalue weighted by atomic mass is 10.1. The van der Waals surface area contributed by atoms with Crippen LogP contribution in [0.2, 0.25) is 0 Å². The van der Waals surface area contributed by atoms with Gasteiger partial charge in [-0.25, -0.2) is 4.98 Å². The molecule has 0 bridgehead atoms. The Morgan fingerprint density at radius 3 is 2.36 bits per heavy atom. The molecule has 3 aromatic carbocycles. The van der Waals surface area contributed by atoms with E-state index in [2.05, 4.69) is 15.3 Å². The lowest BCUT2D eigenvalue weighted by Gasteiger charge is -2.13. The number of rotatable bonds is 9. The first kappa shape index (κ1) is 23.4. The van der Waals surface area contributed by atoms with E-state index in [1.54, 1.807) is 31.8 Å². The summed E-state index contributed by atoms with van der Waals surface area (Å²) in [5.41, 5.74) is 2.64. The molecular formula is C28H25N3O4S. The molecule has 0 fully saturated rings. The highest BCUT2D eigenvalue weighted by molar-refractivity contribution is 7.11. The molecule has 182 valence electrons. The molecule has 0 saturated heterocycles. The highest BCUT2D eigenvalue weighted by Gasteiger charge is 2.10. The van der Waals surface area contributed by atoms with E-state index in [-0.39, 0.29) is 0 Å². The number of hydrogen-bond acceptors (Lipinski definition) is 8. The van der Waals surface area contributed by atoms with Crippen LogP contribution in [0.25, 0.3) is 10.9 Å². The average Bonchev–Trinajstić information content (AvgIpc) is 3.33. The van der Waals surface area contributed by atoms with Gasteiger partial charge < -0.3 is 24.3 Å². The molecule has 5 rings (SSSR count). The SMILES string of the molecule is COc1cc2nccc(Nc3ccc(Oc4cccc(OCc5cnc(C)s5)c4)cc3)c2cc1OC. The number of ether oxygens (including phenoxy) is 4. The van der Waals surface area contributed by atoms with E-state index in [1.807, 2.05) is 79.9 Å². The van der Waals surface area contributed by atoms with E-state index >= 15 is 0 Å². The number of nitrogens with one attached hydrogen (secondary N) is 1. The van der Waals surface area contributed by atoms with Crippen molar-refractivity contribution in [1.29, 1.82) is 0 Å². The molecule has 0 amide bonds. The lowest BCUT2D eigenvalue weighted by Crippen LogP contribution is -1.96. The zero-order chi connectivity index (χ0) is 24.9. The Balaban J connectivity index is 1.27. The molecule has 0 unspecified atom stereocenters. The van der Waals surface area contributed by atoms with Crippen LogP contribution in [0.3, 0.4) is 0 Å². The standard InChI is InChI=1S/C28H25N3O4S/c1-18-30-16-23(36-18)17-34-21-5-4-6-22(13-21)35-20-9-7-19(8-10-20)31-25-11-12-29-26-15-28(33-3)27(32-2)14-24(25)26/h4-16H,17H2,1-3H3,(H,29,31). The number of aryl methyl sites for hydroxylation is 1. The number of fused-ring (bicyclic) bond motifs is 1. The second-order valence-electron chi connectivity index (χ2n) is 7.94. The summed E-state index contributed by atoms with van der Waals surface area (Å²) < 4.78 is 22.8. The number of hydrogen-bond donors (Lipinski definition) is 1. The first-order chi connectivity index (χ1) is 17.6. The van der Waals surface area contributed by atoms with Gasteiger partial charge in [0, 0.05) is 41.3 Å². The van der Waals surface area contributed by atoms with Gasteiger partial charge >= 0.3 is 0 Å². The Labute approximate surface area is 213 Å². The van der Waals surface area contributed by atoms with Crippen LogP contribution in [-0.4, -0.2) is 24.2 Å². The molecular weight excluding hydrogens is 474 g/mol. The highest BCUT2D eigenvalue weighted by atomic mass is 32.1. The minimum absolute atomic E-state index is 0.484. The summed E-state index contributed by atoms with van der Waals surface area (Å²) in [5, 5.41) is 5.41. The number of aromatic nitrogens is 2. The minimum Gasteiger partial charge on any atom is -0.493 e. The molecule has 1 N–H and O–H groups in total. The number of anilines is 2. The molecule has 2 aromatic heterocycles. The Morgan fingerprint density at radius 1 is 0.833 bits per heavy atom. The van der Waals surface area contributed by atoms with Crippen molar-refractivity contribution in [1.82, 2.24) is 9.97 Å². The quantitative estimate of drug-likeness (QED) is 0.231. The van der Waals surface area contributed by atoms with Gasteiger partial charge in [-0.05, 0) is 55.5 Å². The Morgan fingerprint density at radius 2 is 1.61 bits per heavy atom. The third kappa shape index (κ3) is 5.34. The number of benzene rings is 3. The van der Waals surface area contributed by atoms with Crippen molar-refractivity contribution in [2.45, 2.75) is 13.5 Å². The van der Waals surface area contributed by atoms with Crippen LogP contribution in [0.1, 0.15) is 9.88 Å². The van der Waals surface area contributed by atoms with Gasteiger partial charge in [-0.2, -0.15) is 0 Å². The zero-order valence-electron chi connectivity index (χ0n) is 20.1. The Kier molecular flexibility index (Phi) is 6.86. The fourth-order valence-corrected chi connectivity index (χ4v) is 4.44. The Bertz CT molecular complexity index is 1480. The van der Waals surface area contributed by atoms with Gasteiger partial charge in [0.15, 0.2) is 11.5 Å². The van der Waals surface area contributed by atoms with E-state index in [0.29, 0.717) is 23.9 Å². The van der Waals surface area contributed by atoms with Crippen LogP contribution in [0, 0.1) is 6.92 Å². The second kappa shape index (κ2) is 10.5. The van der Waals surface area contributed by atoms with Crippen LogP contribution in [0.5, 0.6) is 28.7 Å². The van der Waals surface area contributed by atoms with E-state index in [9.17, 15) is 0 Å².